The van der Waals surface area contributed by atoms with Gasteiger partial charge in [-0.1, -0.05) is 0 Å². The summed E-state index contributed by atoms with van der Waals surface area (Å²) in [5.74, 6) is 1.93. The van der Waals surface area contributed by atoms with Crippen molar-refractivity contribution in [1.82, 2.24) is 15.3 Å². The molecular formula is C14H20N4O3. The molecule has 2 aliphatic heterocycles. The van der Waals surface area contributed by atoms with E-state index in [4.69, 9.17) is 9.47 Å². The Balaban J connectivity index is 1.60. The highest BCUT2D eigenvalue weighted by molar-refractivity contribution is 5.76. The van der Waals surface area contributed by atoms with Crippen molar-refractivity contribution < 1.29 is 14.3 Å². The lowest BCUT2D eigenvalue weighted by Crippen LogP contribution is -2.28. The van der Waals surface area contributed by atoms with E-state index in [2.05, 4.69) is 20.2 Å². The van der Waals surface area contributed by atoms with E-state index < -0.39 is 0 Å². The minimum absolute atomic E-state index is 0.0392. The Morgan fingerprint density at radius 1 is 1.52 bits per heavy atom. The van der Waals surface area contributed by atoms with Crippen LogP contribution in [-0.4, -0.2) is 55.3 Å². The first kappa shape index (κ1) is 14.1. The Kier molecular flexibility index (Phi) is 3.92. The Morgan fingerprint density at radius 2 is 2.38 bits per heavy atom. The molecule has 0 bridgehead atoms. The zero-order valence-corrected chi connectivity index (χ0v) is 12.3. The fourth-order valence-electron chi connectivity index (χ4n) is 3.10. The summed E-state index contributed by atoms with van der Waals surface area (Å²) in [7, 11) is 3.25. The number of ether oxygens (including phenoxy) is 2. The van der Waals surface area contributed by atoms with Crippen LogP contribution in [0.5, 0.6) is 5.88 Å². The number of nitrogens with one attached hydrogen (secondary N) is 1. The Bertz CT molecular complexity index is 511. The topological polar surface area (TPSA) is 76.6 Å². The van der Waals surface area contributed by atoms with E-state index in [9.17, 15) is 4.79 Å². The number of carbonyl (C=O) groups excluding carboxylic acids is 1. The number of hydrogen-bond acceptors (Lipinski definition) is 6. The van der Waals surface area contributed by atoms with Crippen molar-refractivity contribution >= 4 is 11.7 Å². The third-order valence-corrected chi connectivity index (χ3v) is 4.17. The van der Waals surface area contributed by atoms with Gasteiger partial charge in [0.05, 0.1) is 25.7 Å². The molecule has 1 amide bonds. The smallest absolute Gasteiger partial charge is 0.222 e. The molecule has 0 radical (unpaired) electrons. The zero-order valence-electron chi connectivity index (χ0n) is 12.3. The fraction of sp³-hybridized carbons (Fsp3) is 0.643. The number of amides is 1. The largest absolute Gasteiger partial charge is 0.481 e. The molecule has 0 saturated carbocycles. The van der Waals surface area contributed by atoms with Gasteiger partial charge in [0.25, 0.3) is 0 Å². The van der Waals surface area contributed by atoms with Crippen molar-refractivity contribution in [2.45, 2.75) is 25.0 Å². The lowest BCUT2D eigenvalue weighted by molar-refractivity contribution is -0.123. The van der Waals surface area contributed by atoms with E-state index >= 15 is 0 Å². The standard InChI is InChI=1S/C14H20N4O3/c1-15-13(19)4-10-3-9-6-18(7-11(9)21-10)12-5-14(20-2)17-8-16-12/h5,8-11H,3-4,6-7H2,1-2H3,(H,15,19)/t9-,10-,11-/m1/s1. The molecule has 0 aliphatic carbocycles. The van der Waals surface area contributed by atoms with E-state index in [1.54, 1.807) is 14.2 Å². The second-order valence-corrected chi connectivity index (χ2v) is 5.49. The lowest BCUT2D eigenvalue weighted by atomic mass is 10.0. The molecule has 1 aromatic rings. The van der Waals surface area contributed by atoms with Crippen molar-refractivity contribution in [3.63, 3.8) is 0 Å². The molecule has 0 aromatic carbocycles. The minimum Gasteiger partial charge on any atom is -0.481 e. The third kappa shape index (κ3) is 2.92. The normalized spacial score (nSPS) is 27.5. The summed E-state index contributed by atoms with van der Waals surface area (Å²) >= 11 is 0. The van der Waals surface area contributed by atoms with Gasteiger partial charge in [-0.05, 0) is 6.42 Å². The molecule has 2 aliphatic rings. The highest BCUT2D eigenvalue weighted by atomic mass is 16.5. The number of methoxy groups -OCH3 is 1. The number of aromatic nitrogens is 2. The second kappa shape index (κ2) is 5.85. The number of nitrogens with zero attached hydrogens (tertiary/aromatic N) is 3. The first-order chi connectivity index (χ1) is 10.2. The number of rotatable bonds is 4. The van der Waals surface area contributed by atoms with Gasteiger partial charge in [0.2, 0.25) is 11.8 Å². The van der Waals surface area contributed by atoms with Crippen LogP contribution in [0.1, 0.15) is 12.8 Å². The number of carbonyl (C=O) groups is 1. The maximum atomic E-state index is 11.4. The van der Waals surface area contributed by atoms with Gasteiger partial charge in [0.1, 0.15) is 12.1 Å². The fourth-order valence-corrected chi connectivity index (χ4v) is 3.10. The maximum Gasteiger partial charge on any atom is 0.222 e. The lowest BCUT2D eigenvalue weighted by Gasteiger charge is -2.20. The Labute approximate surface area is 123 Å². The molecule has 0 unspecified atom stereocenters. The van der Waals surface area contributed by atoms with Crippen LogP contribution in [0.2, 0.25) is 0 Å². The van der Waals surface area contributed by atoms with Crippen molar-refractivity contribution in [2.24, 2.45) is 5.92 Å². The Hall–Kier alpha value is -1.89. The summed E-state index contributed by atoms with van der Waals surface area (Å²) in [6.07, 6.45) is 3.11. The molecule has 21 heavy (non-hydrogen) atoms. The molecule has 1 aromatic heterocycles. The molecule has 114 valence electrons. The van der Waals surface area contributed by atoms with Gasteiger partial charge in [0, 0.05) is 32.1 Å². The van der Waals surface area contributed by atoms with Gasteiger partial charge in [-0.15, -0.1) is 0 Å². The summed E-state index contributed by atoms with van der Waals surface area (Å²) in [5.41, 5.74) is 0. The van der Waals surface area contributed by atoms with Crippen molar-refractivity contribution in [1.29, 1.82) is 0 Å². The SMILES string of the molecule is CNC(=O)C[C@H]1C[C@@H]2CN(c3cc(OC)ncn3)C[C@H]2O1. The van der Waals surface area contributed by atoms with E-state index in [1.165, 1.54) is 6.33 Å². The van der Waals surface area contributed by atoms with Gasteiger partial charge in [-0.2, -0.15) is 0 Å². The quantitative estimate of drug-likeness (QED) is 0.855. The van der Waals surface area contributed by atoms with Crippen LogP contribution >= 0.6 is 0 Å². The molecule has 0 spiro atoms. The maximum absolute atomic E-state index is 11.4. The minimum atomic E-state index is 0.0392. The highest BCUT2D eigenvalue weighted by Crippen LogP contribution is 2.36. The van der Waals surface area contributed by atoms with Crippen molar-refractivity contribution in [3.8, 4) is 5.88 Å². The van der Waals surface area contributed by atoms with Gasteiger partial charge in [0.15, 0.2) is 0 Å². The molecule has 3 heterocycles. The van der Waals surface area contributed by atoms with Crippen LogP contribution in [0.3, 0.4) is 0 Å². The third-order valence-electron chi connectivity index (χ3n) is 4.17. The molecule has 2 fully saturated rings. The van der Waals surface area contributed by atoms with Crippen molar-refractivity contribution in [2.75, 3.05) is 32.1 Å². The van der Waals surface area contributed by atoms with E-state index in [0.717, 1.165) is 25.3 Å². The van der Waals surface area contributed by atoms with Crippen LogP contribution < -0.4 is 15.0 Å². The summed E-state index contributed by atoms with van der Waals surface area (Å²) in [4.78, 5) is 21.9. The average molecular weight is 292 g/mol. The van der Waals surface area contributed by atoms with Gasteiger partial charge in [-0.3, -0.25) is 4.79 Å². The van der Waals surface area contributed by atoms with Crippen LogP contribution in [0, 0.1) is 5.92 Å². The van der Waals surface area contributed by atoms with E-state index in [0.29, 0.717) is 18.2 Å². The highest BCUT2D eigenvalue weighted by Gasteiger charge is 2.42. The van der Waals surface area contributed by atoms with Crippen LogP contribution in [0.25, 0.3) is 0 Å². The number of fused-ring (bicyclic) bond motifs is 1. The van der Waals surface area contributed by atoms with Gasteiger partial charge >= 0.3 is 0 Å². The van der Waals surface area contributed by atoms with Crippen LogP contribution in [0.4, 0.5) is 5.82 Å². The Morgan fingerprint density at radius 3 is 3.10 bits per heavy atom. The summed E-state index contributed by atoms with van der Waals surface area (Å²) in [6.45, 7) is 1.70. The number of anilines is 1. The van der Waals surface area contributed by atoms with Gasteiger partial charge < -0.3 is 19.7 Å². The van der Waals surface area contributed by atoms with Crippen LogP contribution in [-0.2, 0) is 9.53 Å². The molecule has 3 rings (SSSR count). The predicted octanol–water partition coefficient (Wildman–Crippen LogP) is 0.215. The summed E-state index contributed by atoms with van der Waals surface area (Å²) in [5, 5.41) is 2.64. The summed E-state index contributed by atoms with van der Waals surface area (Å²) in [6, 6.07) is 1.84. The zero-order chi connectivity index (χ0) is 14.8. The molecular weight excluding hydrogens is 272 g/mol. The number of hydrogen-bond donors (Lipinski definition) is 1. The molecule has 7 heteroatoms. The average Bonchev–Trinajstić information content (AvgIpc) is 3.05. The van der Waals surface area contributed by atoms with E-state index in [1.807, 2.05) is 6.07 Å². The monoisotopic (exact) mass is 292 g/mol. The van der Waals surface area contributed by atoms with Crippen LogP contribution in [0.15, 0.2) is 12.4 Å². The molecule has 2 saturated heterocycles. The predicted molar refractivity (Wildman–Crippen MR) is 76.2 cm³/mol. The molecule has 1 N–H and O–H groups in total. The first-order valence-corrected chi connectivity index (χ1v) is 7.16. The first-order valence-electron chi connectivity index (χ1n) is 7.16. The van der Waals surface area contributed by atoms with E-state index in [-0.39, 0.29) is 18.1 Å². The van der Waals surface area contributed by atoms with Crippen molar-refractivity contribution in [3.05, 3.63) is 12.4 Å². The summed E-state index contributed by atoms with van der Waals surface area (Å²) < 4.78 is 11.1. The van der Waals surface area contributed by atoms with Gasteiger partial charge in [-0.25, -0.2) is 9.97 Å². The second-order valence-electron chi connectivity index (χ2n) is 5.49. The molecule has 3 atom stereocenters. The molecule has 7 nitrogen and oxygen atoms in total.